The Kier molecular flexibility index (Phi) is 4.05. The van der Waals surface area contributed by atoms with Crippen molar-refractivity contribution in [2.24, 2.45) is 5.92 Å². The van der Waals surface area contributed by atoms with Crippen molar-refractivity contribution in [1.82, 2.24) is 0 Å². The Morgan fingerprint density at radius 2 is 2.06 bits per heavy atom. The second-order valence-corrected chi connectivity index (χ2v) is 4.47. The summed E-state index contributed by atoms with van der Waals surface area (Å²) in [5, 5.41) is 10.6. The Morgan fingerprint density at radius 3 is 2.56 bits per heavy atom. The summed E-state index contributed by atoms with van der Waals surface area (Å²) in [5.41, 5.74) is 0.333. The third kappa shape index (κ3) is 2.42. The van der Waals surface area contributed by atoms with Gasteiger partial charge in [0.15, 0.2) is 0 Å². The molecule has 1 aromatic rings. The second-order valence-electron chi connectivity index (χ2n) is 4.47. The molecule has 0 aliphatic heterocycles. The first-order chi connectivity index (χ1) is 7.41. The monoisotopic (exact) mass is 226 g/mol. The summed E-state index contributed by atoms with van der Waals surface area (Å²) in [6.07, 6.45) is 0. The number of hydrogen-bond donors (Lipinski definition) is 1. The topological polar surface area (TPSA) is 29.5 Å². The van der Waals surface area contributed by atoms with E-state index in [1.807, 2.05) is 20.8 Å². The van der Waals surface area contributed by atoms with E-state index in [9.17, 15) is 9.50 Å². The molecule has 1 aromatic carbocycles. The molecule has 0 spiro atoms. The molecule has 0 saturated heterocycles. The first-order valence-electron chi connectivity index (χ1n) is 5.39. The van der Waals surface area contributed by atoms with Gasteiger partial charge in [0.1, 0.15) is 11.4 Å². The number of rotatable bonds is 4. The Balaban J connectivity index is 3.25. The molecule has 1 N–H and O–H groups in total. The third-order valence-corrected chi connectivity index (χ3v) is 2.99. The molecule has 16 heavy (non-hydrogen) atoms. The highest BCUT2D eigenvalue weighted by Gasteiger charge is 2.34. The van der Waals surface area contributed by atoms with Gasteiger partial charge in [-0.05, 0) is 36.1 Å². The van der Waals surface area contributed by atoms with Crippen LogP contribution in [0.5, 0.6) is 0 Å². The SMILES string of the molecule is COCC(O)(c1cc(F)ccc1C)C(C)C. The maximum absolute atomic E-state index is 13.2. The van der Waals surface area contributed by atoms with Gasteiger partial charge >= 0.3 is 0 Å². The highest BCUT2D eigenvalue weighted by atomic mass is 19.1. The molecule has 3 heteroatoms. The van der Waals surface area contributed by atoms with Crippen molar-refractivity contribution in [1.29, 1.82) is 0 Å². The predicted molar refractivity (Wildman–Crippen MR) is 61.7 cm³/mol. The summed E-state index contributed by atoms with van der Waals surface area (Å²) in [6, 6.07) is 4.45. The lowest BCUT2D eigenvalue weighted by molar-refractivity contribution is -0.0706. The molecule has 1 unspecified atom stereocenters. The average molecular weight is 226 g/mol. The highest BCUT2D eigenvalue weighted by Crippen LogP contribution is 2.32. The number of hydrogen-bond acceptors (Lipinski definition) is 2. The van der Waals surface area contributed by atoms with Crippen molar-refractivity contribution in [3.8, 4) is 0 Å². The van der Waals surface area contributed by atoms with Gasteiger partial charge in [-0.3, -0.25) is 0 Å². The number of aliphatic hydroxyl groups is 1. The first kappa shape index (κ1) is 13.1. The fourth-order valence-electron chi connectivity index (χ4n) is 1.84. The zero-order valence-corrected chi connectivity index (χ0v) is 10.2. The number of benzene rings is 1. The molecule has 1 rings (SSSR count). The van der Waals surface area contributed by atoms with E-state index in [1.54, 1.807) is 6.07 Å². The summed E-state index contributed by atoms with van der Waals surface area (Å²) in [4.78, 5) is 0. The van der Waals surface area contributed by atoms with Gasteiger partial charge in [-0.15, -0.1) is 0 Å². The minimum Gasteiger partial charge on any atom is -0.382 e. The molecule has 0 saturated carbocycles. The lowest BCUT2D eigenvalue weighted by atomic mass is 9.82. The summed E-state index contributed by atoms with van der Waals surface area (Å²) < 4.78 is 18.3. The van der Waals surface area contributed by atoms with Crippen LogP contribution in [0.3, 0.4) is 0 Å². The van der Waals surface area contributed by atoms with Gasteiger partial charge in [0, 0.05) is 7.11 Å². The van der Waals surface area contributed by atoms with Gasteiger partial charge in [0.05, 0.1) is 6.61 Å². The van der Waals surface area contributed by atoms with Gasteiger partial charge in [-0.1, -0.05) is 19.9 Å². The van der Waals surface area contributed by atoms with Crippen molar-refractivity contribution in [3.05, 3.63) is 35.1 Å². The molecule has 2 nitrogen and oxygen atoms in total. The smallest absolute Gasteiger partial charge is 0.123 e. The molecule has 0 fully saturated rings. The summed E-state index contributed by atoms with van der Waals surface area (Å²) >= 11 is 0. The second kappa shape index (κ2) is 4.93. The van der Waals surface area contributed by atoms with Gasteiger partial charge in [-0.25, -0.2) is 4.39 Å². The van der Waals surface area contributed by atoms with E-state index >= 15 is 0 Å². The van der Waals surface area contributed by atoms with Crippen molar-refractivity contribution < 1.29 is 14.2 Å². The lowest BCUT2D eigenvalue weighted by Crippen LogP contribution is -2.37. The largest absolute Gasteiger partial charge is 0.382 e. The first-order valence-corrected chi connectivity index (χ1v) is 5.39. The van der Waals surface area contributed by atoms with Crippen molar-refractivity contribution in [3.63, 3.8) is 0 Å². The van der Waals surface area contributed by atoms with Gasteiger partial charge < -0.3 is 9.84 Å². The Morgan fingerprint density at radius 1 is 1.44 bits per heavy atom. The van der Waals surface area contributed by atoms with Crippen LogP contribution in [0.1, 0.15) is 25.0 Å². The van der Waals surface area contributed by atoms with E-state index in [4.69, 9.17) is 4.74 Å². The number of aryl methyl sites for hydroxylation is 1. The third-order valence-electron chi connectivity index (χ3n) is 2.99. The van der Waals surface area contributed by atoms with Crippen molar-refractivity contribution >= 4 is 0 Å². The van der Waals surface area contributed by atoms with Crippen molar-refractivity contribution in [2.45, 2.75) is 26.4 Å². The number of ether oxygens (including phenoxy) is 1. The van der Waals surface area contributed by atoms with E-state index in [-0.39, 0.29) is 18.3 Å². The quantitative estimate of drug-likeness (QED) is 0.855. The van der Waals surface area contributed by atoms with Crippen LogP contribution in [0, 0.1) is 18.7 Å². The fraction of sp³-hybridized carbons (Fsp3) is 0.538. The van der Waals surface area contributed by atoms with Gasteiger partial charge in [-0.2, -0.15) is 0 Å². The van der Waals surface area contributed by atoms with Crippen LogP contribution in [-0.2, 0) is 10.3 Å². The Hall–Kier alpha value is -0.930. The highest BCUT2D eigenvalue weighted by molar-refractivity contribution is 5.32. The molecule has 0 radical (unpaired) electrons. The molecule has 0 aliphatic rings. The predicted octanol–water partition coefficient (Wildman–Crippen LogP) is 2.62. The van der Waals surface area contributed by atoms with E-state index in [0.29, 0.717) is 5.56 Å². The molecule has 0 heterocycles. The summed E-state index contributed by atoms with van der Waals surface area (Å²) in [5.74, 6) is -0.385. The summed E-state index contributed by atoms with van der Waals surface area (Å²) in [6.45, 7) is 5.81. The number of halogens is 1. The van der Waals surface area contributed by atoms with Gasteiger partial charge in [0.2, 0.25) is 0 Å². The van der Waals surface area contributed by atoms with Crippen LogP contribution >= 0.6 is 0 Å². The van der Waals surface area contributed by atoms with Crippen LogP contribution in [0.2, 0.25) is 0 Å². The zero-order valence-electron chi connectivity index (χ0n) is 10.2. The minimum absolute atomic E-state index is 0.0482. The van der Waals surface area contributed by atoms with Crippen LogP contribution in [0.4, 0.5) is 4.39 Å². The van der Waals surface area contributed by atoms with Crippen molar-refractivity contribution in [2.75, 3.05) is 13.7 Å². The minimum atomic E-state index is -1.14. The standard InChI is InChI=1S/C13H19FO2/c1-9(2)13(15,8-16-4)12-7-11(14)6-5-10(12)3/h5-7,9,15H,8H2,1-4H3. The lowest BCUT2D eigenvalue weighted by Gasteiger charge is -2.33. The maximum atomic E-state index is 13.2. The molecular weight excluding hydrogens is 207 g/mol. The molecular formula is C13H19FO2. The van der Waals surface area contributed by atoms with Crippen LogP contribution in [0.15, 0.2) is 18.2 Å². The molecule has 0 aromatic heterocycles. The molecule has 0 aliphatic carbocycles. The summed E-state index contributed by atoms with van der Waals surface area (Å²) in [7, 11) is 1.53. The molecule has 0 amide bonds. The van der Waals surface area contributed by atoms with Crippen LogP contribution in [-0.4, -0.2) is 18.8 Å². The van der Waals surface area contributed by atoms with E-state index < -0.39 is 5.60 Å². The fourth-order valence-corrected chi connectivity index (χ4v) is 1.84. The van der Waals surface area contributed by atoms with E-state index in [2.05, 4.69) is 0 Å². The van der Waals surface area contributed by atoms with Crippen LogP contribution in [0.25, 0.3) is 0 Å². The normalized spacial score (nSPS) is 15.2. The molecule has 90 valence electrons. The maximum Gasteiger partial charge on any atom is 0.123 e. The number of methoxy groups -OCH3 is 1. The van der Waals surface area contributed by atoms with E-state index in [0.717, 1.165) is 5.56 Å². The zero-order chi connectivity index (χ0) is 12.3. The Bertz CT molecular complexity index is 363. The molecule has 1 atom stereocenters. The van der Waals surface area contributed by atoms with Crippen LogP contribution < -0.4 is 0 Å². The van der Waals surface area contributed by atoms with E-state index in [1.165, 1.54) is 19.2 Å². The van der Waals surface area contributed by atoms with Gasteiger partial charge in [0.25, 0.3) is 0 Å². The molecule has 0 bridgehead atoms. The average Bonchev–Trinajstić information content (AvgIpc) is 2.21. The Labute approximate surface area is 96.1 Å².